The van der Waals surface area contributed by atoms with Crippen molar-refractivity contribution >= 4 is 5.91 Å². The van der Waals surface area contributed by atoms with Gasteiger partial charge in [0.15, 0.2) is 0 Å². The van der Waals surface area contributed by atoms with Gasteiger partial charge in [-0.2, -0.15) is 13.2 Å². The minimum Gasteiger partial charge on any atom is -0.395 e. The largest absolute Gasteiger partial charge is 0.405 e. The molecule has 1 aromatic carbocycles. The fourth-order valence-electron chi connectivity index (χ4n) is 3.02. The predicted octanol–water partition coefficient (Wildman–Crippen LogP) is 2.04. The van der Waals surface area contributed by atoms with E-state index in [-0.39, 0.29) is 25.7 Å². The summed E-state index contributed by atoms with van der Waals surface area (Å²) < 4.78 is 36.6. The number of hydrogen-bond acceptors (Lipinski definition) is 3. The van der Waals surface area contributed by atoms with Crippen molar-refractivity contribution in [3.63, 3.8) is 0 Å². The van der Waals surface area contributed by atoms with Crippen LogP contribution in [0.25, 0.3) is 0 Å². The third-order valence-electron chi connectivity index (χ3n) is 4.00. The van der Waals surface area contributed by atoms with Crippen molar-refractivity contribution in [2.24, 2.45) is 0 Å². The van der Waals surface area contributed by atoms with Gasteiger partial charge in [0.2, 0.25) is 5.91 Å². The highest BCUT2D eigenvalue weighted by Crippen LogP contribution is 2.33. The summed E-state index contributed by atoms with van der Waals surface area (Å²) in [5.41, 5.74) is 2.29. The van der Waals surface area contributed by atoms with Crippen LogP contribution in [-0.4, -0.2) is 48.3 Å². The lowest BCUT2D eigenvalue weighted by Crippen LogP contribution is -2.43. The molecule has 7 heteroatoms. The van der Waals surface area contributed by atoms with Gasteiger partial charge in [0.25, 0.3) is 0 Å². The Hall–Kier alpha value is -1.60. The van der Waals surface area contributed by atoms with Gasteiger partial charge in [0.1, 0.15) is 6.54 Å². The number of aliphatic hydroxyl groups is 1. The van der Waals surface area contributed by atoms with E-state index >= 15 is 0 Å². The lowest BCUT2D eigenvalue weighted by Gasteiger charge is -2.35. The van der Waals surface area contributed by atoms with Gasteiger partial charge in [-0.3, -0.25) is 9.69 Å². The molecule has 0 heterocycles. The molecule has 1 unspecified atom stereocenters. The Balaban J connectivity index is 2.06. The summed E-state index contributed by atoms with van der Waals surface area (Å²) >= 11 is 0. The minimum atomic E-state index is -4.42. The van der Waals surface area contributed by atoms with Crippen LogP contribution in [0.1, 0.15) is 30.0 Å². The Bertz CT molecular complexity index is 534. The molecular weight excluding hydrogens is 309 g/mol. The number of halogens is 3. The number of carbonyl (C=O) groups excluding carboxylic acids is 1. The van der Waals surface area contributed by atoms with E-state index in [1.165, 1.54) is 5.56 Å². The molecule has 128 valence electrons. The first-order valence-corrected chi connectivity index (χ1v) is 7.67. The molecule has 0 fully saturated rings. The Kier molecular flexibility index (Phi) is 6.01. The van der Waals surface area contributed by atoms with Crippen LogP contribution in [0, 0.1) is 0 Å². The number of nitrogens with one attached hydrogen (secondary N) is 1. The lowest BCUT2D eigenvalue weighted by atomic mass is 9.87. The predicted molar refractivity (Wildman–Crippen MR) is 79.8 cm³/mol. The van der Waals surface area contributed by atoms with Gasteiger partial charge in [-0.15, -0.1) is 0 Å². The molecule has 0 spiro atoms. The molecule has 1 aliphatic carbocycles. The number of amides is 1. The molecule has 0 saturated carbocycles. The smallest absolute Gasteiger partial charge is 0.395 e. The van der Waals surface area contributed by atoms with Gasteiger partial charge in [-0.25, -0.2) is 0 Å². The molecule has 0 aliphatic heterocycles. The summed E-state index contributed by atoms with van der Waals surface area (Å²) in [6, 6.07) is 7.83. The van der Waals surface area contributed by atoms with Crippen molar-refractivity contribution < 1.29 is 23.1 Å². The van der Waals surface area contributed by atoms with E-state index in [0.717, 1.165) is 24.8 Å². The molecule has 1 amide bonds. The standard InChI is InChI=1S/C16H21F3N2O2/c17-16(18,19)11-20-15(23)10-21(8-9-22)14-7-3-5-12-4-1-2-6-13(12)14/h1-2,4,6,14,22H,3,5,7-11H2,(H,20,23). The van der Waals surface area contributed by atoms with Crippen LogP contribution in [-0.2, 0) is 11.2 Å². The number of fused-ring (bicyclic) bond motifs is 1. The maximum Gasteiger partial charge on any atom is 0.405 e. The lowest BCUT2D eigenvalue weighted by molar-refractivity contribution is -0.139. The van der Waals surface area contributed by atoms with Gasteiger partial charge in [-0.05, 0) is 30.4 Å². The van der Waals surface area contributed by atoms with Gasteiger partial charge in [0, 0.05) is 12.6 Å². The fourth-order valence-corrected chi connectivity index (χ4v) is 3.02. The molecule has 2 rings (SSSR count). The van der Waals surface area contributed by atoms with Crippen molar-refractivity contribution in [1.29, 1.82) is 0 Å². The Morgan fingerprint density at radius 2 is 2.09 bits per heavy atom. The van der Waals surface area contributed by atoms with Gasteiger partial charge < -0.3 is 10.4 Å². The number of aliphatic hydroxyl groups excluding tert-OH is 1. The van der Waals surface area contributed by atoms with Crippen LogP contribution in [0.2, 0.25) is 0 Å². The first-order chi connectivity index (χ1) is 10.9. The Labute approximate surface area is 133 Å². The second-order valence-corrected chi connectivity index (χ2v) is 5.69. The average molecular weight is 330 g/mol. The SMILES string of the molecule is O=C(CN(CCO)C1CCCc2ccccc21)NCC(F)(F)F. The summed E-state index contributed by atoms with van der Waals surface area (Å²) in [4.78, 5) is 13.5. The van der Waals surface area contributed by atoms with E-state index in [4.69, 9.17) is 0 Å². The molecule has 0 aromatic heterocycles. The van der Waals surface area contributed by atoms with Crippen LogP contribution >= 0.6 is 0 Å². The van der Waals surface area contributed by atoms with Gasteiger partial charge in [-0.1, -0.05) is 24.3 Å². The molecule has 1 aliphatic rings. The zero-order valence-corrected chi connectivity index (χ0v) is 12.8. The Morgan fingerprint density at radius 1 is 1.35 bits per heavy atom. The number of rotatable bonds is 6. The molecule has 4 nitrogen and oxygen atoms in total. The number of carbonyl (C=O) groups is 1. The van der Waals surface area contributed by atoms with Crippen molar-refractivity contribution in [2.45, 2.75) is 31.5 Å². The highest BCUT2D eigenvalue weighted by atomic mass is 19.4. The minimum absolute atomic E-state index is 0.0521. The average Bonchev–Trinajstić information content (AvgIpc) is 2.51. The topological polar surface area (TPSA) is 52.6 Å². The van der Waals surface area contributed by atoms with E-state index in [1.807, 2.05) is 29.6 Å². The zero-order chi connectivity index (χ0) is 16.9. The highest BCUT2D eigenvalue weighted by Gasteiger charge is 2.30. The first-order valence-electron chi connectivity index (χ1n) is 7.67. The molecular formula is C16H21F3N2O2. The van der Waals surface area contributed by atoms with E-state index in [0.29, 0.717) is 0 Å². The van der Waals surface area contributed by atoms with Crippen molar-refractivity contribution in [3.05, 3.63) is 35.4 Å². The van der Waals surface area contributed by atoms with Crippen molar-refractivity contribution in [2.75, 3.05) is 26.2 Å². The van der Waals surface area contributed by atoms with Crippen LogP contribution in [0.3, 0.4) is 0 Å². The van der Waals surface area contributed by atoms with E-state index < -0.39 is 18.6 Å². The van der Waals surface area contributed by atoms with Crippen LogP contribution in [0.15, 0.2) is 24.3 Å². The summed E-state index contributed by atoms with van der Waals surface area (Å²) in [5.74, 6) is -0.682. The summed E-state index contributed by atoms with van der Waals surface area (Å²) in [6.45, 7) is -1.39. The summed E-state index contributed by atoms with van der Waals surface area (Å²) in [6.07, 6.45) is -1.69. The molecule has 2 N–H and O–H groups in total. The number of nitrogens with zero attached hydrogens (tertiary/aromatic N) is 1. The third kappa shape index (κ3) is 5.21. The van der Waals surface area contributed by atoms with Crippen LogP contribution in [0.4, 0.5) is 13.2 Å². The quantitative estimate of drug-likeness (QED) is 0.839. The molecule has 23 heavy (non-hydrogen) atoms. The van der Waals surface area contributed by atoms with Gasteiger partial charge in [0.05, 0.1) is 13.2 Å². The number of alkyl halides is 3. The third-order valence-corrected chi connectivity index (χ3v) is 4.00. The Morgan fingerprint density at radius 3 is 2.78 bits per heavy atom. The maximum absolute atomic E-state index is 12.2. The molecule has 0 radical (unpaired) electrons. The monoisotopic (exact) mass is 330 g/mol. The normalized spacial score (nSPS) is 17.9. The molecule has 0 saturated heterocycles. The fraction of sp³-hybridized carbons (Fsp3) is 0.562. The highest BCUT2D eigenvalue weighted by molar-refractivity contribution is 5.78. The van der Waals surface area contributed by atoms with Gasteiger partial charge >= 0.3 is 6.18 Å². The zero-order valence-electron chi connectivity index (χ0n) is 12.8. The summed E-state index contributed by atoms with van der Waals surface area (Å²) in [7, 11) is 0. The van der Waals surface area contributed by atoms with E-state index in [2.05, 4.69) is 0 Å². The summed E-state index contributed by atoms with van der Waals surface area (Å²) in [5, 5.41) is 11.1. The first kappa shape index (κ1) is 17.7. The maximum atomic E-state index is 12.2. The molecule has 1 atom stereocenters. The second-order valence-electron chi connectivity index (χ2n) is 5.69. The van der Waals surface area contributed by atoms with E-state index in [9.17, 15) is 23.1 Å². The second kappa shape index (κ2) is 7.79. The number of benzene rings is 1. The van der Waals surface area contributed by atoms with Crippen LogP contribution in [0.5, 0.6) is 0 Å². The molecule has 1 aromatic rings. The number of aryl methyl sites for hydroxylation is 1. The molecule has 0 bridgehead atoms. The van der Waals surface area contributed by atoms with Crippen molar-refractivity contribution in [1.82, 2.24) is 10.2 Å². The number of hydrogen-bond donors (Lipinski definition) is 2. The van der Waals surface area contributed by atoms with Crippen molar-refractivity contribution in [3.8, 4) is 0 Å². The van der Waals surface area contributed by atoms with Crippen LogP contribution < -0.4 is 5.32 Å². The van der Waals surface area contributed by atoms with E-state index in [1.54, 1.807) is 4.90 Å².